The van der Waals surface area contributed by atoms with Gasteiger partial charge in [0.2, 0.25) is 11.9 Å². The highest BCUT2D eigenvalue weighted by atomic mass is 35.5. The number of nitrogen functional groups attached to an aromatic ring is 4. The average molecular weight is 1350 g/mol. The van der Waals surface area contributed by atoms with Crippen LogP contribution in [0.2, 0.25) is 10.0 Å². The number of fused-ring (bicyclic) bond motifs is 2. The molecule has 4 aromatic heterocycles. The second kappa shape index (κ2) is 25.1. The summed E-state index contributed by atoms with van der Waals surface area (Å²) in [4.78, 5) is 143. The summed E-state index contributed by atoms with van der Waals surface area (Å²) in [6.07, 6.45) is -11.6. The number of H-pyrrole nitrogens is 2. The molecular formula is C34H40Cl2N12O30P6. The minimum absolute atomic E-state index is 0.0485. The van der Waals surface area contributed by atoms with Crippen molar-refractivity contribution in [2.24, 2.45) is 0 Å². The van der Waals surface area contributed by atoms with Crippen molar-refractivity contribution in [1.82, 2.24) is 39.0 Å². The number of aromatic nitrogens is 8. The van der Waals surface area contributed by atoms with Gasteiger partial charge in [0.25, 0.3) is 11.1 Å². The number of phosphoric ester groups is 2. The smallest absolute Gasteiger partial charge is 0.453 e. The number of carbonyl (C=O) groups excluding carboxylic acids is 2. The Balaban J connectivity index is 0.000000241. The van der Waals surface area contributed by atoms with Crippen LogP contribution < -0.4 is 34.1 Å². The van der Waals surface area contributed by atoms with Crippen LogP contribution in [0.15, 0.2) is 58.6 Å². The third-order valence-electron chi connectivity index (χ3n) is 10.7. The van der Waals surface area contributed by atoms with Crippen LogP contribution in [0.3, 0.4) is 0 Å². The predicted molar refractivity (Wildman–Crippen MR) is 275 cm³/mol. The average Bonchev–Trinajstić information content (AvgIpc) is 3.11. The molecule has 50 heteroatoms. The summed E-state index contributed by atoms with van der Waals surface area (Å²) in [7, 11) is -34.3. The maximum absolute atomic E-state index is 13.0. The van der Waals surface area contributed by atoms with Crippen LogP contribution in [-0.4, -0.2) is 150 Å². The van der Waals surface area contributed by atoms with Gasteiger partial charge in [0.1, 0.15) is 24.4 Å². The van der Waals surface area contributed by atoms with E-state index in [2.05, 4.69) is 56.2 Å². The number of esters is 2. The fraction of sp³-hybridized carbons (Fsp3) is 0.294. The molecular weight excluding hydrogens is 1310 g/mol. The first kappa shape index (κ1) is 66.1. The molecule has 12 atom stereocenters. The van der Waals surface area contributed by atoms with E-state index < -0.39 is 132 Å². The molecule has 20 N–H and O–H groups in total. The van der Waals surface area contributed by atoms with E-state index in [1.54, 1.807) is 0 Å². The van der Waals surface area contributed by atoms with E-state index in [4.69, 9.17) is 84.7 Å². The van der Waals surface area contributed by atoms with E-state index in [0.717, 1.165) is 27.9 Å². The summed E-state index contributed by atoms with van der Waals surface area (Å²) in [6, 6.07) is 7.72. The van der Waals surface area contributed by atoms with Gasteiger partial charge in [0.05, 0.1) is 37.0 Å². The van der Waals surface area contributed by atoms with Crippen molar-refractivity contribution < 1.29 is 132 Å². The third-order valence-corrected chi connectivity index (χ3v) is 18.7. The fourth-order valence-corrected chi connectivity index (χ4v) is 13.8. The van der Waals surface area contributed by atoms with Gasteiger partial charge >= 0.3 is 58.9 Å². The van der Waals surface area contributed by atoms with E-state index in [0.29, 0.717) is 0 Å². The Morgan fingerprint density at radius 3 is 1.39 bits per heavy atom. The molecule has 2 saturated heterocycles. The maximum atomic E-state index is 13.0. The lowest BCUT2D eigenvalue weighted by molar-refractivity contribution is -0.0557. The molecule has 0 bridgehead atoms. The number of phosphoric acid groups is 6. The molecule has 4 unspecified atom stereocenters. The van der Waals surface area contributed by atoms with Crippen LogP contribution in [0.4, 0.5) is 23.3 Å². The van der Waals surface area contributed by atoms with Crippen LogP contribution in [0, 0.1) is 0 Å². The third kappa shape index (κ3) is 16.5. The number of halogens is 2. The molecule has 2 aliphatic heterocycles. The maximum Gasteiger partial charge on any atom is 0.490 e. The number of aromatic amines is 2. The number of imidazole rings is 2. The molecule has 6 aromatic rings. The van der Waals surface area contributed by atoms with E-state index >= 15 is 0 Å². The summed E-state index contributed by atoms with van der Waals surface area (Å²) < 4.78 is 117. The SMILES string of the molecule is Nc1nc2c(ncn2[C@@H]2O[C@H](COP(=O)(O)OP(=O)(O)OP(=O)(O)O)[C@@H](O)[C@H]2OC(=O)c2cc(Cl)ccc2N)c(=O)[nH]1.Nc1nc2c(ncn2[C@@H]2O[C@H](COP(=O)(O)OP(=O)(O)OP(=O)(O)O)[C@@H](OC(=O)c3cc(Cl)ccc3N)[C@H]2O)c(=O)[nH]1. The van der Waals surface area contributed by atoms with Crippen LogP contribution in [0.1, 0.15) is 33.2 Å². The summed E-state index contributed by atoms with van der Waals surface area (Å²) >= 11 is 11.8. The number of nitrogens with zero attached hydrogens (tertiary/aromatic N) is 6. The van der Waals surface area contributed by atoms with Crippen molar-refractivity contribution in [1.29, 1.82) is 0 Å². The number of nitrogens with two attached hydrogens (primary N) is 4. The highest BCUT2D eigenvalue weighted by Crippen LogP contribution is 2.67. The van der Waals surface area contributed by atoms with Gasteiger partial charge in [-0.1, -0.05) is 23.2 Å². The van der Waals surface area contributed by atoms with Gasteiger partial charge in [-0.2, -0.15) is 27.2 Å². The second-order valence-corrected chi connectivity index (χ2v) is 26.4. The molecule has 42 nitrogen and oxygen atoms in total. The summed E-state index contributed by atoms with van der Waals surface area (Å²) in [5.41, 5.74) is 19.9. The Morgan fingerprint density at radius 1 is 0.571 bits per heavy atom. The zero-order valence-electron chi connectivity index (χ0n) is 40.7. The van der Waals surface area contributed by atoms with Crippen molar-refractivity contribution in [2.75, 3.05) is 36.1 Å². The monoisotopic (exact) mass is 1350 g/mol. The van der Waals surface area contributed by atoms with Gasteiger partial charge in [-0.05, 0) is 36.4 Å². The molecule has 2 fully saturated rings. The first-order chi connectivity index (χ1) is 38.7. The van der Waals surface area contributed by atoms with E-state index in [-0.39, 0.29) is 66.8 Å². The summed E-state index contributed by atoms with van der Waals surface area (Å²) in [6.45, 7) is -2.24. The normalized spacial score (nSPS) is 23.9. The molecule has 2 aliphatic rings. The number of nitrogens with one attached hydrogen (secondary N) is 2. The molecule has 8 rings (SSSR count). The van der Waals surface area contributed by atoms with Gasteiger partial charge in [0.15, 0.2) is 47.0 Å². The van der Waals surface area contributed by atoms with E-state index in [1.807, 2.05) is 0 Å². The van der Waals surface area contributed by atoms with Crippen molar-refractivity contribution >= 4 is 128 Å². The number of aliphatic hydroxyl groups excluding tert-OH is 2. The van der Waals surface area contributed by atoms with E-state index in [1.165, 1.54) is 30.3 Å². The quantitative estimate of drug-likeness (QED) is 0.0261. The molecule has 0 radical (unpaired) electrons. The Labute approximate surface area is 472 Å². The van der Waals surface area contributed by atoms with Crippen LogP contribution in [-0.2, 0) is 72.6 Å². The van der Waals surface area contributed by atoms with Crippen molar-refractivity contribution in [3.8, 4) is 0 Å². The van der Waals surface area contributed by atoms with Crippen molar-refractivity contribution in [3.63, 3.8) is 0 Å². The standard InChI is InChI=1S/2C17H20ClN6O15P3/c18-6-1-2-8(19)7(3-6)16(27)37-12-9(4-35-41(31,32)39-42(33,34)38-40(28,29)30)36-15(11(12)25)24-5-21-10-13(24)22-17(20)23-14(10)26;18-6-1-2-8(19)7(3-6)16(27)37-12-11(25)9(4-35-41(31,32)39-42(33,34)38-40(28,29)30)36-15(12)24-5-21-10-13(24)22-17(20)23-14(10)26/h2*1-3,5,9,11-12,15,25H,4,19H2,(H,31,32)(H,33,34)(H2,28,29,30)(H3,20,22,23,26)/t2*9-,11-,12-,15-/m11/s1. The minimum atomic E-state index is -5.85. The van der Waals surface area contributed by atoms with Crippen LogP contribution >= 0.6 is 70.1 Å². The van der Waals surface area contributed by atoms with Gasteiger partial charge in [0, 0.05) is 21.4 Å². The number of carbonyl (C=O) groups is 2. The van der Waals surface area contributed by atoms with Crippen molar-refractivity contribution in [2.45, 2.75) is 49.1 Å². The number of anilines is 4. The molecule has 460 valence electrons. The van der Waals surface area contributed by atoms with Crippen molar-refractivity contribution in [3.05, 3.63) is 90.9 Å². The van der Waals surface area contributed by atoms with Crippen LogP contribution in [0.5, 0.6) is 0 Å². The topological polar surface area (TPSA) is 662 Å². The number of hydrogen-bond acceptors (Lipinski definition) is 30. The Kier molecular flexibility index (Phi) is 19.7. The first-order valence-corrected chi connectivity index (χ1v) is 31.7. The van der Waals surface area contributed by atoms with E-state index in [9.17, 15) is 76.4 Å². The van der Waals surface area contributed by atoms with Gasteiger partial charge < -0.3 is 91.2 Å². The molecule has 84 heavy (non-hydrogen) atoms. The zero-order valence-corrected chi connectivity index (χ0v) is 47.6. The number of ether oxygens (including phenoxy) is 4. The van der Waals surface area contributed by atoms with Gasteiger partial charge in [-0.15, -0.1) is 0 Å². The second-order valence-electron chi connectivity index (χ2n) is 16.6. The highest BCUT2D eigenvalue weighted by Gasteiger charge is 2.52. The van der Waals surface area contributed by atoms with Gasteiger partial charge in [-0.25, -0.2) is 46.9 Å². The number of rotatable bonds is 20. The minimum Gasteiger partial charge on any atom is -0.453 e. The fourth-order valence-electron chi connectivity index (χ4n) is 7.42. The molecule has 2 aromatic carbocycles. The highest BCUT2D eigenvalue weighted by molar-refractivity contribution is 7.67. The van der Waals surface area contributed by atoms with Crippen LogP contribution in [0.25, 0.3) is 22.3 Å². The lowest BCUT2D eigenvalue weighted by Gasteiger charge is -2.22. The molecule has 0 amide bonds. The molecule has 0 saturated carbocycles. The van der Waals surface area contributed by atoms with Gasteiger partial charge in [-0.3, -0.25) is 37.7 Å². The lowest BCUT2D eigenvalue weighted by Crippen LogP contribution is -2.38. The Bertz CT molecular complexity index is 3950. The molecule has 6 heterocycles. The zero-order chi connectivity index (χ0) is 62.4. The number of benzene rings is 2. The molecule has 0 aliphatic carbocycles. The Morgan fingerprint density at radius 2 is 0.964 bits per heavy atom. The predicted octanol–water partition coefficient (Wildman–Crippen LogP) is -0.471. The first-order valence-electron chi connectivity index (χ1n) is 21.9. The summed E-state index contributed by atoms with van der Waals surface area (Å²) in [5, 5.41) is 22.3. The number of hydrogen-bond donors (Lipinski definition) is 16. The lowest BCUT2D eigenvalue weighted by atomic mass is 10.1. The Hall–Kier alpha value is -5.48. The largest absolute Gasteiger partial charge is 0.490 e. The molecule has 0 spiro atoms. The summed E-state index contributed by atoms with van der Waals surface area (Å²) in [5.74, 6) is -2.90. The number of aliphatic hydroxyl groups is 2.